The fourth-order valence-corrected chi connectivity index (χ4v) is 3.68. The first kappa shape index (κ1) is 19.9. The number of hydrogen-bond acceptors (Lipinski definition) is 3. The van der Waals surface area contributed by atoms with Gasteiger partial charge in [-0.05, 0) is 41.5 Å². The Balaban J connectivity index is 1.26. The van der Waals surface area contributed by atoms with Gasteiger partial charge in [-0.15, -0.1) is 0 Å². The molecule has 0 atom stereocenters. The summed E-state index contributed by atoms with van der Waals surface area (Å²) in [5, 5.41) is 2.92. The minimum absolute atomic E-state index is 0.124. The van der Waals surface area contributed by atoms with Crippen molar-refractivity contribution in [3.63, 3.8) is 0 Å². The summed E-state index contributed by atoms with van der Waals surface area (Å²) in [6.07, 6.45) is 3.38. The summed E-state index contributed by atoms with van der Waals surface area (Å²) >= 11 is 0. The lowest BCUT2D eigenvalue weighted by molar-refractivity contribution is -0.111. The highest BCUT2D eigenvalue weighted by atomic mass is 16.1. The van der Waals surface area contributed by atoms with Crippen molar-refractivity contribution in [2.75, 3.05) is 36.4 Å². The van der Waals surface area contributed by atoms with Crippen molar-refractivity contribution in [1.82, 2.24) is 4.90 Å². The number of benzene rings is 3. The van der Waals surface area contributed by atoms with Gasteiger partial charge in [0.2, 0.25) is 5.91 Å². The zero-order valence-corrected chi connectivity index (χ0v) is 17.1. The molecule has 0 aliphatic carbocycles. The van der Waals surface area contributed by atoms with Crippen molar-refractivity contribution in [3.8, 4) is 0 Å². The summed E-state index contributed by atoms with van der Waals surface area (Å²) in [5.41, 5.74) is 4.39. The van der Waals surface area contributed by atoms with Gasteiger partial charge in [-0.3, -0.25) is 9.69 Å². The maximum atomic E-state index is 12.1. The van der Waals surface area contributed by atoms with Crippen LogP contribution in [0.5, 0.6) is 0 Å². The molecule has 152 valence electrons. The Kier molecular flexibility index (Phi) is 6.58. The van der Waals surface area contributed by atoms with Gasteiger partial charge in [0.25, 0.3) is 0 Å². The Bertz CT molecular complexity index is 960. The molecule has 1 N–H and O–H groups in total. The van der Waals surface area contributed by atoms with Crippen molar-refractivity contribution < 1.29 is 4.79 Å². The molecule has 0 aromatic heterocycles. The summed E-state index contributed by atoms with van der Waals surface area (Å²) < 4.78 is 0. The number of anilines is 2. The van der Waals surface area contributed by atoms with E-state index in [1.54, 1.807) is 6.08 Å². The first-order chi connectivity index (χ1) is 14.8. The Morgan fingerprint density at radius 3 is 2.10 bits per heavy atom. The molecule has 1 aliphatic rings. The maximum absolute atomic E-state index is 12.1. The Morgan fingerprint density at radius 1 is 0.800 bits per heavy atom. The highest BCUT2D eigenvalue weighted by Gasteiger charge is 2.17. The number of rotatable bonds is 6. The highest BCUT2D eigenvalue weighted by molar-refractivity contribution is 6.02. The molecule has 3 aromatic rings. The second-order valence-electron chi connectivity index (χ2n) is 7.53. The number of hydrogen-bond donors (Lipinski definition) is 1. The fraction of sp³-hybridized carbons (Fsp3) is 0.192. The van der Waals surface area contributed by atoms with Gasteiger partial charge in [0, 0.05) is 50.2 Å². The average molecular weight is 398 g/mol. The summed E-state index contributed by atoms with van der Waals surface area (Å²) in [4.78, 5) is 17.0. The number of nitrogens with one attached hydrogen (secondary N) is 1. The predicted octanol–water partition coefficient (Wildman–Crippen LogP) is 4.66. The summed E-state index contributed by atoms with van der Waals surface area (Å²) in [7, 11) is 0. The lowest BCUT2D eigenvalue weighted by Gasteiger charge is -2.36. The molecule has 0 radical (unpaired) electrons. The molecule has 30 heavy (non-hydrogen) atoms. The minimum Gasteiger partial charge on any atom is -0.369 e. The smallest absolute Gasteiger partial charge is 0.248 e. The van der Waals surface area contributed by atoms with Crippen molar-refractivity contribution in [2.24, 2.45) is 0 Å². The van der Waals surface area contributed by atoms with Crippen LogP contribution in [0.2, 0.25) is 0 Å². The largest absolute Gasteiger partial charge is 0.369 e. The van der Waals surface area contributed by atoms with E-state index in [2.05, 4.69) is 57.6 Å². The molecule has 4 nitrogen and oxygen atoms in total. The van der Waals surface area contributed by atoms with Gasteiger partial charge in [0.1, 0.15) is 0 Å². The van der Waals surface area contributed by atoms with Crippen molar-refractivity contribution in [2.45, 2.75) is 6.54 Å². The van der Waals surface area contributed by atoms with Crippen LogP contribution in [0, 0.1) is 0 Å². The average Bonchev–Trinajstić information content (AvgIpc) is 2.80. The SMILES string of the molecule is O=C(/C=C\c1ccccc1)Nc1ccc(N2CCN(Cc3ccccc3)CC2)cc1. The molecule has 0 saturated carbocycles. The molecule has 1 amide bonds. The van der Waals surface area contributed by atoms with Gasteiger partial charge >= 0.3 is 0 Å². The minimum atomic E-state index is -0.124. The second kappa shape index (κ2) is 9.90. The first-order valence-corrected chi connectivity index (χ1v) is 10.4. The summed E-state index contributed by atoms with van der Waals surface area (Å²) in [6.45, 7) is 5.14. The summed E-state index contributed by atoms with van der Waals surface area (Å²) in [6, 6.07) is 28.6. The van der Waals surface area contributed by atoms with Crippen molar-refractivity contribution >= 4 is 23.4 Å². The molecule has 1 aliphatic heterocycles. The van der Waals surface area contributed by atoms with Gasteiger partial charge in [0.05, 0.1) is 0 Å². The van der Waals surface area contributed by atoms with Crippen LogP contribution in [-0.4, -0.2) is 37.0 Å². The number of piperazine rings is 1. The van der Waals surface area contributed by atoms with Crippen molar-refractivity contribution in [1.29, 1.82) is 0 Å². The van der Waals surface area contributed by atoms with E-state index in [-0.39, 0.29) is 5.91 Å². The van der Waals surface area contributed by atoms with Crippen LogP contribution in [0.4, 0.5) is 11.4 Å². The molecule has 1 fully saturated rings. The summed E-state index contributed by atoms with van der Waals surface area (Å²) in [5.74, 6) is -0.124. The van der Waals surface area contributed by atoms with E-state index in [9.17, 15) is 4.79 Å². The third-order valence-electron chi connectivity index (χ3n) is 5.35. The van der Waals surface area contributed by atoms with E-state index in [4.69, 9.17) is 0 Å². The molecule has 1 heterocycles. The van der Waals surface area contributed by atoms with E-state index < -0.39 is 0 Å². The number of carbonyl (C=O) groups is 1. The Morgan fingerprint density at radius 2 is 1.43 bits per heavy atom. The highest BCUT2D eigenvalue weighted by Crippen LogP contribution is 2.20. The molecule has 4 heteroatoms. The Labute approximate surface area is 178 Å². The van der Waals surface area contributed by atoms with Gasteiger partial charge in [-0.25, -0.2) is 0 Å². The maximum Gasteiger partial charge on any atom is 0.248 e. The van der Waals surface area contributed by atoms with Gasteiger partial charge in [0.15, 0.2) is 0 Å². The molecular formula is C26H27N3O. The van der Waals surface area contributed by atoms with Crippen molar-refractivity contribution in [3.05, 3.63) is 102 Å². The number of amides is 1. The van der Waals surface area contributed by atoms with Crippen LogP contribution in [0.25, 0.3) is 6.08 Å². The predicted molar refractivity (Wildman–Crippen MR) is 124 cm³/mol. The van der Waals surface area contributed by atoms with Crippen LogP contribution < -0.4 is 10.2 Å². The van der Waals surface area contributed by atoms with Gasteiger partial charge in [-0.1, -0.05) is 60.7 Å². The molecule has 0 unspecified atom stereocenters. The fourth-order valence-electron chi connectivity index (χ4n) is 3.68. The molecule has 1 saturated heterocycles. The van der Waals surface area contributed by atoms with Crippen LogP contribution in [0.3, 0.4) is 0 Å². The van der Waals surface area contributed by atoms with Crippen LogP contribution in [0.1, 0.15) is 11.1 Å². The third kappa shape index (κ3) is 5.58. The van der Waals surface area contributed by atoms with Crippen LogP contribution in [-0.2, 0) is 11.3 Å². The lowest BCUT2D eigenvalue weighted by atomic mass is 10.2. The van der Waals surface area contributed by atoms with E-state index in [1.165, 1.54) is 11.3 Å². The standard InChI is InChI=1S/C26H27N3O/c30-26(16-11-22-7-3-1-4-8-22)27-24-12-14-25(15-13-24)29-19-17-28(18-20-29)21-23-9-5-2-6-10-23/h1-16H,17-21H2,(H,27,30)/b16-11-. The topological polar surface area (TPSA) is 35.6 Å². The quantitative estimate of drug-likeness (QED) is 0.615. The molecule has 0 bridgehead atoms. The van der Waals surface area contributed by atoms with Gasteiger partial charge in [-0.2, -0.15) is 0 Å². The van der Waals surface area contributed by atoms with E-state index >= 15 is 0 Å². The zero-order chi connectivity index (χ0) is 20.6. The number of nitrogens with zero attached hydrogens (tertiary/aromatic N) is 2. The third-order valence-corrected chi connectivity index (χ3v) is 5.35. The first-order valence-electron chi connectivity index (χ1n) is 10.4. The van der Waals surface area contributed by atoms with Gasteiger partial charge < -0.3 is 10.2 Å². The molecule has 0 spiro atoms. The van der Waals surface area contributed by atoms with Crippen LogP contribution in [0.15, 0.2) is 91.0 Å². The van der Waals surface area contributed by atoms with E-state index in [1.807, 2.05) is 48.5 Å². The molecular weight excluding hydrogens is 370 g/mol. The second-order valence-corrected chi connectivity index (χ2v) is 7.53. The van der Waals surface area contributed by atoms with Crippen LogP contribution >= 0.6 is 0 Å². The molecule has 4 rings (SSSR count). The molecule has 3 aromatic carbocycles. The normalized spacial score (nSPS) is 14.7. The Hall–Kier alpha value is -3.37. The zero-order valence-electron chi connectivity index (χ0n) is 17.1. The number of carbonyl (C=O) groups excluding carboxylic acids is 1. The lowest BCUT2D eigenvalue weighted by Crippen LogP contribution is -2.45. The van der Waals surface area contributed by atoms with E-state index in [0.29, 0.717) is 0 Å². The monoisotopic (exact) mass is 397 g/mol. The van der Waals surface area contributed by atoms with E-state index in [0.717, 1.165) is 44.0 Å².